The number of carbonyl (C=O) groups is 2. The molecule has 0 saturated carbocycles. The van der Waals surface area contributed by atoms with E-state index in [4.69, 9.17) is 21.1 Å². The molecule has 0 atom stereocenters. The summed E-state index contributed by atoms with van der Waals surface area (Å²) in [7, 11) is 0. The molecule has 0 saturated heterocycles. The number of ether oxygens (including phenoxy) is 2. The summed E-state index contributed by atoms with van der Waals surface area (Å²) in [5, 5.41) is 4.33. The normalized spacial score (nSPS) is 10.7. The van der Waals surface area contributed by atoms with Crippen molar-refractivity contribution in [3.05, 3.63) is 92.9 Å². The molecule has 0 aliphatic heterocycles. The number of amides is 1. The Labute approximate surface area is 193 Å². The minimum atomic E-state index is -0.492. The summed E-state index contributed by atoms with van der Waals surface area (Å²) in [5.74, 6) is -0.252. The van der Waals surface area contributed by atoms with Gasteiger partial charge in [-0.1, -0.05) is 57.4 Å². The number of nitrogens with one attached hydrogen (secondary N) is 1. The topological polar surface area (TPSA) is 77.0 Å². The quantitative estimate of drug-likeness (QED) is 0.210. The van der Waals surface area contributed by atoms with Crippen molar-refractivity contribution in [3.63, 3.8) is 0 Å². The summed E-state index contributed by atoms with van der Waals surface area (Å²) in [6.07, 6.45) is 1.38. The first kappa shape index (κ1) is 22.5. The third kappa shape index (κ3) is 6.67. The lowest BCUT2D eigenvalue weighted by Gasteiger charge is -2.09. The van der Waals surface area contributed by atoms with Crippen LogP contribution in [0.25, 0.3) is 0 Å². The molecule has 0 spiro atoms. The van der Waals surface area contributed by atoms with Crippen LogP contribution in [-0.4, -0.2) is 24.7 Å². The Balaban J connectivity index is 1.62. The first-order valence-electron chi connectivity index (χ1n) is 9.20. The number of hydrogen-bond acceptors (Lipinski definition) is 5. The van der Waals surface area contributed by atoms with Crippen molar-refractivity contribution in [1.82, 2.24) is 5.43 Å². The summed E-state index contributed by atoms with van der Waals surface area (Å²) in [6.45, 7) is 1.68. The number of aryl methyl sites for hydroxylation is 1. The maximum atomic E-state index is 12.4. The van der Waals surface area contributed by atoms with Crippen molar-refractivity contribution in [2.75, 3.05) is 6.61 Å². The van der Waals surface area contributed by atoms with Crippen molar-refractivity contribution in [2.45, 2.75) is 6.92 Å². The largest absolute Gasteiger partial charge is 0.482 e. The van der Waals surface area contributed by atoms with E-state index < -0.39 is 11.9 Å². The van der Waals surface area contributed by atoms with Gasteiger partial charge in [-0.3, -0.25) is 4.79 Å². The van der Waals surface area contributed by atoms with Crippen LogP contribution in [0.3, 0.4) is 0 Å². The molecule has 0 aliphatic rings. The number of hydrogen-bond donors (Lipinski definition) is 1. The third-order valence-electron chi connectivity index (χ3n) is 4.05. The summed E-state index contributed by atoms with van der Waals surface area (Å²) >= 11 is 9.36. The molecule has 0 radical (unpaired) electrons. The van der Waals surface area contributed by atoms with Crippen LogP contribution in [0.1, 0.15) is 21.5 Å². The second-order valence-corrected chi connectivity index (χ2v) is 7.77. The van der Waals surface area contributed by atoms with E-state index in [1.54, 1.807) is 54.6 Å². The van der Waals surface area contributed by atoms with Gasteiger partial charge in [0, 0.05) is 10.0 Å². The fourth-order valence-electron chi connectivity index (χ4n) is 2.47. The Morgan fingerprint density at radius 2 is 1.81 bits per heavy atom. The molecule has 31 heavy (non-hydrogen) atoms. The van der Waals surface area contributed by atoms with Crippen LogP contribution < -0.4 is 14.9 Å². The molecular weight excluding hydrogens is 484 g/mol. The van der Waals surface area contributed by atoms with Gasteiger partial charge in [-0.25, -0.2) is 10.2 Å². The summed E-state index contributed by atoms with van der Waals surface area (Å²) in [5.41, 5.74) is 4.34. The van der Waals surface area contributed by atoms with Gasteiger partial charge in [0.1, 0.15) is 11.5 Å². The van der Waals surface area contributed by atoms with Crippen LogP contribution in [0, 0.1) is 6.92 Å². The van der Waals surface area contributed by atoms with E-state index in [1.165, 1.54) is 6.21 Å². The molecule has 158 valence electrons. The van der Waals surface area contributed by atoms with E-state index in [-0.39, 0.29) is 6.61 Å². The van der Waals surface area contributed by atoms with Gasteiger partial charge in [-0.05, 0) is 49.4 Å². The number of nitrogens with zero attached hydrogens (tertiary/aromatic N) is 1. The number of carbonyl (C=O) groups excluding carboxylic acids is 2. The van der Waals surface area contributed by atoms with Crippen molar-refractivity contribution in [1.29, 1.82) is 0 Å². The number of para-hydroxylation sites is 1. The SMILES string of the molecule is Cc1ccc(C(=O)Oc2ccc(Br)cc2/C=N\NC(=O)COc2ccccc2Cl)cc1. The van der Waals surface area contributed by atoms with E-state index >= 15 is 0 Å². The highest BCUT2D eigenvalue weighted by molar-refractivity contribution is 9.10. The third-order valence-corrected chi connectivity index (χ3v) is 4.86. The highest BCUT2D eigenvalue weighted by Gasteiger charge is 2.12. The minimum Gasteiger partial charge on any atom is -0.482 e. The van der Waals surface area contributed by atoms with Crippen LogP contribution in [0.5, 0.6) is 11.5 Å². The number of hydrazone groups is 1. The number of rotatable bonds is 7. The van der Waals surface area contributed by atoms with Crippen molar-refractivity contribution < 1.29 is 19.1 Å². The number of halogens is 2. The lowest BCUT2D eigenvalue weighted by Crippen LogP contribution is -2.24. The number of benzene rings is 3. The summed E-state index contributed by atoms with van der Waals surface area (Å²) < 4.78 is 11.6. The molecule has 3 aromatic rings. The molecule has 0 aliphatic carbocycles. The minimum absolute atomic E-state index is 0.255. The monoisotopic (exact) mass is 500 g/mol. The van der Waals surface area contributed by atoms with Gasteiger partial charge >= 0.3 is 5.97 Å². The first-order chi connectivity index (χ1) is 14.9. The summed E-state index contributed by atoms with van der Waals surface area (Å²) in [4.78, 5) is 24.4. The fourth-order valence-corrected chi connectivity index (χ4v) is 3.04. The molecule has 3 rings (SSSR count). The molecule has 1 N–H and O–H groups in total. The lowest BCUT2D eigenvalue weighted by molar-refractivity contribution is -0.123. The molecule has 0 bridgehead atoms. The highest BCUT2D eigenvalue weighted by atomic mass is 79.9. The molecule has 0 heterocycles. The second-order valence-electron chi connectivity index (χ2n) is 6.45. The molecule has 3 aromatic carbocycles. The molecule has 0 aromatic heterocycles. The Morgan fingerprint density at radius 3 is 2.55 bits per heavy atom. The van der Waals surface area contributed by atoms with Gasteiger partial charge in [-0.15, -0.1) is 0 Å². The Morgan fingerprint density at radius 1 is 1.06 bits per heavy atom. The van der Waals surface area contributed by atoms with E-state index in [0.29, 0.717) is 27.6 Å². The van der Waals surface area contributed by atoms with Gasteiger partial charge < -0.3 is 9.47 Å². The zero-order valence-corrected chi connectivity index (χ0v) is 18.8. The summed E-state index contributed by atoms with van der Waals surface area (Å²) in [6, 6.07) is 19.0. The van der Waals surface area contributed by atoms with Crippen LogP contribution in [0.2, 0.25) is 5.02 Å². The zero-order chi connectivity index (χ0) is 22.2. The molecular formula is C23H18BrClN2O4. The maximum absolute atomic E-state index is 12.4. The molecule has 1 amide bonds. The van der Waals surface area contributed by atoms with Crippen LogP contribution in [0.4, 0.5) is 0 Å². The Bertz CT molecular complexity index is 1120. The molecule has 8 heteroatoms. The predicted octanol–water partition coefficient (Wildman–Crippen LogP) is 5.16. The van der Waals surface area contributed by atoms with Gasteiger partial charge in [0.05, 0.1) is 16.8 Å². The van der Waals surface area contributed by atoms with Crippen molar-refractivity contribution >= 4 is 45.6 Å². The van der Waals surface area contributed by atoms with Gasteiger partial charge in [-0.2, -0.15) is 5.10 Å². The standard InChI is InChI=1S/C23H18BrClN2O4/c1-15-6-8-16(9-7-15)23(29)31-20-11-10-18(24)12-17(20)13-26-27-22(28)14-30-21-5-3-2-4-19(21)25/h2-13H,14H2,1H3,(H,27,28)/b26-13-. The van der Waals surface area contributed by atoms with E-state index in [0.717, 1.165) is 10.0 Å². The smallest absolute Gasteiger partial charge is 0.343 e. The van der Waals surface area contributed by atoms with Crippen LogP contribution in [-0.2, 0) is 4.79 Å². The zero-order valence-electron chi connectivity index (χ0n) is 16.5. The van der Waals surface area contributed by atoms with Crippen LogP contribution in [0.15, 0.2) is 76.3 Å². The Kier molecular flexibility index (Phi) is 7.81. The van der Waals surface area contributed by atoms with Crippen molar-refractivity contribution in [2.24, 2.45) is 5.10 Å². The van der Waals surface area contributed by atoms with E-state index in [9.17, 15) is 9.59 Å². The van der Waals surface area contributed by atoms with Crippen molar-refractivity contribution in [3.8, 4) is 11.5 Å². The first-order valence-corrected chi connectivity index (χ1v) is 10.4. The molecule has 6 nitrogen and oxygen atoms in total. The number of esters is 1. The predicted molar refractivity (Wildman–Crippen MR) is 123 cm³/mol. The van der Waals surface area contributed by atoms with E-state index in [1.807, 2.05) is 19.1 Å². The Hall–Kier alpha value is -3.16. The fraction of sp³-hybridized carbons (Fsp3) is 0.0870. The molecule has 0 unspecified atom stereocenters. The average molecular weight is 502 g/mol. The van der Waals surface area contributed by atoms with Crippen LogP contribution >= 0.6 is 27.5 Å². The van der Waals surface area contributed by atoms with Gasteiger partial charge in [0.2, 0.25) is 0 Å². The van der Waals surface area contributed by atoms with Gasteiger partial charge in [0.15, 0.2) is 6.61 Å². The molecule has 0 fully saturated rings. The average Bonchev–Trinajstić information content (AvgIpc) is 2.75. The second kappa shape index (κ2) is 10.7. The highest BCUT2D eigenvalue weighted by Crippen LogP contribution is 2.24. The lowest BCUT2D eigenvalue weighted by atomic mass is 10.1. The maximum Gasteiger partial charge on any atom is 0.343 e. The van der Waals surface area contributed by atoms with E-state index in [2.05, 4.69) is 26.5 Å². The van der Waals surface area contributed by atoms with Gasteiger partial charge in [0.25, 0.3) is 5.91 Å².